The molecule has 1 unspecified atom stereocenters. The van der Waals surface area contributed by atoms with Crippen LogP contribution in [0.3, 0.4) is 0 Å². The third-order valence-corrected chi connectivity index (χ3v) is 2.62. The van der Waals surface area contributed by atoms with Crippen molar-refractivity contribution in [3.8, 4) is 0 Å². The lowest BCUT2D eigenvalue weighted by Crippen LogP contribution is -2.28. The first kappa shape index (κ1) is 14.9. The van der Waals surface area contributed by atoms with Crippen molar-refractivity contribution in [1.82, 2.24) is 9.80 Å². The summed E-state index contributed by atoms with van der Waals surface area (Å²) in [6.07, 6.45) is 3.11. The van der Waals surface area contributed by atoms with E-state index in [4.69, 9.17) is 5.11 Å². The Bertz CT molecular complexity index is 124. The zero-order chi connectivity index (χ0) is 11.7. The van der Waals surface area contributed by atoms with Gasteiger partial charge in [0, 0.05) is 0 Å². The van der Waals surface area contributed by atoms with E-state index in [1.54, 1.807) is 0 Å². The molecule has 0 aromatic heterocycles. The fourth-order valence-corrected chi connectivity index (χ4v) is 1.65. The van der Waals surface area contributed by atoms with E-state index in [-0.39, 0.29) is 6.10 Å². The van der Waals surface area contributed by atoms with E-state index in [0.717, 1.165) is 32.5 Å². The molecule has 1 atom stereocenters. The molecule has 0 rings (SSSR count). The second-order valence-electron chi connectivity index (χ2n) is 4.58. The molecule has 0 bridgehead atoms. The van der Waals surface area contributed by atoms with Crippen molar-refractivity contribution in [1.29, 1.82) is 0 Å². The summed E-state index contributed by atoms with van der Waals surface area (Å²) in [7, 11) is 4.23. The van der Waals surface area contributed by atoms with E-state index < -0.39 is 0 Å². The van der Waals surface area contributed by atoms with E-state index in [1.165, 1.54) is 13.0 Å². The van der Waals surface area contributed by atoms with Gasteiger partial charge in [0.2, 0.25) is 0 Å². The maximum Gasteiger partial charge on any atom is 0.0512 e. The smallest absolute Gasteiger partial charge is 0.0512 e. The molecular formula is C12H28N2O. The van der Waals surface area contributed by atoms with Crippen molar-refractivity contribution >= 4 is 0 Å². The summed E-state index contributed by atoms with van der Waals surface area (Å²) in [5.74, 6) is 0. The summed E-state index contributed by atoms with van der Waals surface area (Å²) < 4.78 is 0. The molecule has 0 aliphatic heterocycles. The largest absolute Gasteiger partial charge is 0.393 e. The van der Waals surface area contributed by atoms with Gasteiger partial charge in [0.15, 0.2) is 0 Å². The fourth-order valence-electron chi connectivity index (χ4n) is 1.65. The molecular weight excluding hydrogens is 188 g/mol. The van der Waals surface area contributed by atoms with Gasteiger partial charge < -0.3 is 14.9 Å². The van der Waals surface area contributed by atoms with Crippen molar-refractivity contribution in [2.75, 3.05) is 40.3 Å². The number of nitrogens with zero attached hydrogens (tertiary/aromatic N) is 2. The highest BCUT2D eigenvalue weighted by Gasteiger charge is 2.03. The minimum Gasteiger partial charge on any atom is -0.393 e. The molecule has 0 saturated carbocycles. The van der Waals surface area contributed by atoms with Crippen molar-refractivity contribution in [2.24, 2.45) is 0 Å². The van der Waals surface area contributed by atoms with Gasteiger partial charge in [0.05, 0.1) is 6.10 Å². The topological polar surface area (TPSA) is 26.7 Å². The van der Waals surface area contributed by atoms with Gasteiger partial charge in [0.1, 0.15) is 0 Å². The maximum absolute atomic E-state index is 9.16. The van der Waals surface area contributed by atoms with Gasteiger partial charge >= 0.3 is 0 Å². The zero-order valence-electron chi connectivity index (χ0n) is 10.9. The molecule has 1 N–H and O–H groups in total. The lowest BCUT2D eigenvalue weighted by atomic mass is 10.2. The lowest BCUT2D eigenvalue weighted by molar-refractivity contribution is 0.170. The Morgan fingerprint density at radius 1 is 1.07 bits per heavy atom. The summed E-state index contributed by atoms with van der Waals surface area (Å²) in [6.45, 7) is 8.64. The average molecular weight is 216 g/mol. The van der Waals surface area contributed by atoms with Crippen LogP contribution < -0.4 is 0 Å². The van der Waals surface area contributed by atoms with Gasteiger partial charge in [-0.2, -0.15) is 0 Å². The molecule has 0 radical (unpaired) electrons. The van der Waals surface area contributed by atoms with Crippen LogP contribution in [0.1, 0.15) is 33.1 Å². The summed E-state index contributed by atoms with van der Waals surface area (Å²) >= 11 is 0. The molecule has 0 spiro atoms. The van der Waals surface area contributed by atoms with Crippen molar-refractivity contribution in [3.63, 3.8) is 0 Å². The zero-order valence-corrected chi connectivity index (χ0v) is 10.9. The lowest BCUT2D eigenvalue weighted by Gasteiger charge is -2.21. The monoisotopic (exact) mass is 216 g/mol. The number of hydrogen-bond acceptors (Lipinski definition) is 3. The van der Waals surface area contributed by atoms with Crippen LogP contribution in [-0.2, 0) is 0 Å². The highest BCUT2D eigenvalue weighted by Crippen LogP contribution is 2.00. The first-order chi connectivity index (χ1) is 7.06. The minimum absolute atomic E-state index is 0.148. The number of rotatable bonds is 9. The molecule has 0 saturated heterocycles. The summed E-state index contributed by atoms with van der Waals surface area (Å²) in [5, 5.41) is 9.16. The SMILES string of the molecule is CCN(CCCC(C)O)CCCN(C)C. The molecule has 0 fully saturated rings. The highest BCUT2D eigenvalue weighted by atomic mass is 16.3. The van der Waals surface area contributed by atoms with Gasteiger partial charge in [-0.3, -0.25) is 0 Å². The summed E-state index contributed by atoms with van der Waals surface area (Å²) in [4.78, 5) is 4.69. The Morgan fingerprint density at radius 3 is 2.13 bits per heavy atom. The molecule has 15 heavy (non-hydrogen) atoms. The third-order valence-electron chi connectivity index (χ3n) is 2.62. The molecule has 0 aliphatic rings. The van der Waals surface area contributed by atoms with Gasteiger partial charge in [-0.1, -0.05) is 6.92 Å². The van der Waals surface area contributed by atoms with Crippen molar-refractivity contribution < 1.29 is 5.11 Å². The Balaban J connectivity index is 3.46. The molecule has 92 valence electrons. The average Bonchev–Trinajstić information content (AvgIpc) is 2.14. The number of hydrogen-bond donors (Lipinski definition) is 1. The second-order valence-corrected chi connectivity index (χ2v) is 4.58. The summed E-state index contributed by atoms with van der Waals surface area (Å²) in [5.41, 5.74) is 0. The Morgan fingerprint density at radius 2 is 1.67 bits per heavy atom. The normalized spacial score (nSPS) is 13.8. The Hall–Kier alpha value is -0.120. The second kappa shape index (κ2) is 9.13. The quantitative estimate of drug-likeness (QED) is 0.631. The van der Waals surface area contributed by atoms with E-state index in [1.807, 2.05) is 6.92 Å². The Labute approximate surface area is 95.1 Å². The molecule has 0 amide bonds. The van der Waals surface area contributed by atoms with Gasteiger partial charge in [-0.25, -0.2) is 0 Å². The first-order valence-corrected chi connectivity index (χ1v) is 6.11. The molecule has 3 heteroatoms. The highest BCUT2D eigenvalue weighted by molar-refractivity contribution is 4.58. The predicted octanol–water partition coefficient (Wildman–Crippen LogP) is 1.42. The summed E-state index contributed by atoms with van der Waals surface area (Å²) in [6, 6.07) is 0. The number of aliphatic hydroxyl groups excluding tert-OH is 1. The van der Waals surface area contributed by atoms with Crippen LogP contribution in [0.5, 0.6) is 0 Å². The third kappa shape index (κ3) is 10.2. The maximum atomic E-state index is 9.16. The van der Waals surface area contributed by atoms with E-state index in [0.29, 0.717) is 0 Å². The van der Waals surface area contributed by atoms with Crippen LogP contribution in [0.15, 0.2) is 0 Å². The van der Waals surface area contributed by atoms with Crippen LogP contribution in [0.2, 0.25) is 0 Å². The van der Waals surface area contributed by atoms with Crippen LogP contribution in [0, 0.1) is 0 Å². The van der Waals surface area contributed by atoms with Crippen LogP contribution >= 0.6 is 0 Å². The van der Waals surface area contributed by atoms with Crippen molar-refractivity contribution in [2.45, 2.75) is 39.2 Å². The number of aliphatic hydroxyl groups is 1. The van der Waals surface area contributed by atoms with Crippen molar-refractivity contribution in [3.05, 3.63) is 0 Å². The van der Waals surface area contributed by atoms with Crippen LogP contribution in [-0.4, -0.2) is 61.3 Å². The van der Waals surface area contributed by atoms with Gasteiger partial charge in [-0.15, -0.1) is 0 Å². The van der Waals surface area contributed by atoms with Gasteiger partial charge in [0.25, 0.3) is 0 Å². The fraction of sp³-hybridized carbons (Fsp3) is 1.00. The molecule has 0 aromatic rings. The molecule has 0 aliphatic carbocycles. The predicted molar refractivity (Wildman–Crippen MR) is 66.2 cm³/mol. The molecule has 0 aromatic carbocycles. The van der Waals surface area contributed by atoms with Crippen LogP contribution in [0.4, 0.5) is 0 Å². The standard InChI is InChI=1S/C12H28N2O/c1-5-14(10-6-8-12(2)15)11-7-9-13(3)4/h12,15H,5-11H2,1-4H3. The van der Waals surface area contributed by atoms with E-state index >= 15 is 0 Å². The van der Waals surface area contributed by atoms with E-state index in [9.17, 15) is 0 Å². The van der Waals surface area contributed by atoms with Crippen LogP contribution in [0.25, 0.3) is 0 Å². The molecule has 0 heterocycles. The van der Waals surface area contributed by atoms with E-state index in [2.05, 4.69) is 30.8 Å². The van der Waals surface area contributed by atoms with Gasteiger partial charge in [-0.05, 0) is 66.5 Å². The minimum atomic E-state index is -0.148. The Kier molecular flexibility index (Phi) is 9.06. The molecule has 3 nitrogen and oxygen atoms in total. The first-order valence-electron chi connectivity index (χ1n) is 6.11.